The third kappa shape index (κ3) is 2.71. The maximum atomic E-state index is 14.4. The number of benzene rings is 3. The zero-order valence-corrected chi connectivity index (χ0v) is 21.3. The molecular weight excluding hydrogens is 510 g/mol. The molecule has 182 valence electrons. The number of fused-ring (bicyclic) bond motifs is 6. The summed E-state index contributed by atoms with van der Waals surface area (Å²) in [5.74, 6) is -1.11. The van der Waals surface area contributed by atoms with Crippen molar-refractivity contribution in [2.75, 3.05) is 16.3 Å². The molecule has 2 aliphatic heterocycles. The van der Waals surface area contributed by atoms with Gasteiger partial charge in [0.25, 0.3) is 11.8 Å². The summed E-state index contributed by atoms with van der Waals surface area (Å²) >= 11 is 7.45. The average Bonchev–Trinajstić information content (AvgIpc) is 3.49. The molecule has 37 heavy (non-hydrogen) atoms. The molecule has 0 aliphatic carbocycles. The van der Waals surface area contributed by atoms with Crippen LogP contribution in [0, 0.1) is 6.92 Å². The first kappa shape index (κ1) is 22.2. The number of nitrogens with zero attached hydrogens (tertiary/aromatic N) is 3. The molecule has 4 heterocycles. The average molecular weight is 528 g/mol. The molecule has 5 aromatic rings. The normalized spacial score (nSPS) is 18.5. The van der Waals surface area contributed by atoms with Gasteiger partial charge in [-0.05, 0) is 50.2 Å². The number of thiazole rings is 1. The van der Waals surface area contributed by atoms with Crippen LogP contribution in [0.1, 0.15) is 34.2 Å². The number of hydrogen-bond acceptors (Lipinski definition) is 6. The fourth-order valence-corrected chi connectivity index (χ4v) is 6.87. The second kappa shape index (κ2) is 7.50. The third-order valence-corrected chi connectivity index (χ3v) is 8.36. The number of halogens is 1. The lowest BCUT2D eigenvalue weighted by Gasteiger charge is -2.32. The highest BCUT2D eigenvalue weighted by Crippen LogP contribution is 2.54. The number of aromatic nitrogens is 1. The van der Waals surface area contributed by atoms with Crippen LogP contribution < -0.4 is 15.2 Å². The Morgan fingerprint density at radius 2 is 1.86 bits per heavy atom. The molecule has 1 unspecified atom stereocenters. The smallest absolute Gasteiger partial charge is 0.297 e. The summed E-state index contributed by atoms with van der Waals surface area (Å²) < 4.78 is 6.87. The van der Waals surface area contributed by atoms with Crippen molar-refractivity contribution in [1.82, 2.24) is 4.98 Å². The second-order valence-corrected chi connectivity index (χ2v) is 10.6. The summed E-state index contributed by atoms with van der Waals surface area (Å²) in [5, 5.41) is 1.14. The monoisotopic (exact) mass is 527 g/mol. The maximum absolute atomic E-state index is 14.4. The first-order valence-corrected chi connectivity index (χ1v) is 13.0. The lowest BCUT2D eigenvalue weighted by molar-refractivity contribution is -0.121. The van der Waals surface area contributed by atoms with Crippen LogP contribution in [0.25, 0.3) is 21.2 Å². The first-order valence-electron chi connectivity index (χ1n) is 11.8. The summed E-state index contributed by atoms with van der Waals surface area (Å²) in [5.41, 5.74) is 0.874. The van der Waals surface area contributed by atoms with Crippen LogP contribution in [-0.4, -0.2) is 23.3 Å². The molecule has 1 spiro atoms. The molecule has 3 aromatic carbocycles. The van der Waals surface area contributed by atoms with Gasteiger partial charge in [-0.2, -0.15) is 0 Å². The molecule has 2 aromatic heterocycles. The van der Waals surface area contributed by atoms with E-state index in [-0.39, 0.29) is 22.4 Å². The molecule has 0 radical (unpaired) electrons. The Labute approximate surface area is 219 Å². The highest BCUT2D eigenvalue weighted by Gasteiger charge is 2.66. The lowest BCUT2D eigenvalue weighted by atomic mass is 9.84. The molecule has 7 rings (SSSR count). The zero-order chi connectivity index (χ0) is 25.6. The first-order chi connectivity index (χ1) is 17.9. The van der Waals surface area contributed by atoms with Gasteiger partial charge in [-0.3, -0.25) is 19.3 Å². The minimum atomic E-state index is -1.74. The fourth-order valence-electron chi connectivity index (χ4n) is 5.57. The zero-order valence-electron chi connectivity index (χ0n) is 19.7. The van der Waals surface area contributed by atoms with Crippen molar-refractivity contribution in [3.05, 3.63) is 98.4 Å². The van der Waals surface area contributed by atoms with Crippen molar-refractivity contribution in [2.24, 2.45) is 0 Å². The van der Waals surface area contributed by atoms with Gasteiger partial charge in [0, 0.05) is 17.1 Å². The van der Waals surface area contributed by atoms with Crippen molar-refractivity contribution in [3.63, 3.8) is 0 Å². The van der Waals surface area contributed by atoms with E-state index in [2.05, 4.69) is 0 Å². The van der Waals surface area contributed by atoms with E-state index in [9.17, 15) is 14.4 Å². The third-order valence-electron chi connectivity index (χ3n) is 7.13. The number of amides is 2. The van der Waals surface area contributed by atoms with Crippen molar-refractivity contribution < 1.29 is 14.0 Å². The lowest BCUT2D eigenvalue weighted by Crippen LogP contribution is -2.53. The predicted octanol–water partition coefficient (Wildman–Crippen LogP) is 5.64. The Morgan fingerprint density at radius 3 is 2.68 bits per heavy atom. The number of carbonyl (C=O) groups is 2. The van der Waals surface area contributed by atoms with Gasteiger partial charge in [0.2, 0.25) is 5.76 Å². The van der Waals surface area contributed by atoms with E-state index >= 15 is 0 Å². The number of para-hydroxylation sites is 1. The summed E-state index contributed by atoms with van der Waals surface area (Å²) in [4.78, 5) is 50.5. The molecule has 0 fully saturated rings. The van der Waals surface area contributed by atoms with Gasteiger partial charge in [-0.15, -0.1) is 0 Å². The molecule has 0 saturated carbocycles. The second-order valence-electron chi connectivity index (χ2n) is 9.16. The Balaban J connectivity index is 1.64. The van der Waals surface area contributed by atoms with E-state index in [1.165, 1.54) is 16.2 Å². The van der Waals surface area contributed by atoms with E-state index in [4.69, 9.17) is 21.0 Å². The standard InChI is InChI=1S/C28H18ClN3O4S/c1-3-31-19-7-5-4-6-17(19)28(26(31)35)22-23(33)16-12-14(2)8-11-20(16)36-24(22)25(34)32(28)27-30-18-10-9-15(29)13-21(18)37-27/h4-13H,3H2,1-2H3. The number of likely N-dealkylation sites (N-methyl/N-ethyl adjacent to an activating group) is 1. The van der Waals surface area contributed by atoms with Crippen molar-refractivity contribution in [2.45, 2.75) is 19.4 Å². The molecule has 1 atom stereocenters. The van der Waals surface area contributed by atoms with Crippen molar-refractivity contribution in [3.8, 4) is 0 Å². The SMILES string of the molecule is CCN1C(=O)C2(c3ccccc31)c1c(oc3ccc(C)cc3c1=O)C(=O)N2c1nc2ccc(Cl)cc2s1. The van der Waals surface area contributed by atoms with Crippen LogP contribution in [0.2, 0.25) is 5.02 Å². The number of carbonyl (C=O) groups excluding carboxylic acids is 2. The number of anilines is 2. The molecule has 2 aliphatic rings. The number of rotatable bonds is 2. The molecule has 0 N–H and O–H groups in total. The van der Waals surface area contributed by atoms with Crippen LogP contribution in [-0.2, 0) is 10.3 Å². The number of aryl methyl sites for hydroxylation is 1. The van der Waals surface area contributed by atoms with E-state index in [1.807, 2.05) is 32.0 Å². The van der Waals surface area contributed by atoms with Crippen LogP contribution >= 0.6 is 22.9 Å². The molecule has 7 nitrogen and oxygen atoms in total. The highest BCUT2D eigenvalue weighted by atomic mass is 35.5. The quantitative estimate of drug-likeness (QED) is 0.297. The minimum Gasteiger partial charge on any atom is -0.450 e. The number of hydrogen-bond donors (Lipinski definition) is 0. The van der Waals surface area contributed by atoms with Crippen LogP contribution in [0.5, 0.6) is 0 Å². The van der Waals surface area contributed by atoms with Gasteiger partial charge in [0.1, 0.15) is 5.58 Å². The van der Waals surface area contributed by atoms with Gasteiger partial charge in [-0.25, -0.2) is 4.98 Å². The molecular formula is C28H18ClN3O4S. The molecule has 9 heteroatoms. The van der Waals surface area contributed by atoms with Crippen LogP contribution in [0.15, 0.2) is 69.9 Å². The van der Waals surface area contributed by atoms with Gasteiger partial charge < -0.3 is 9.32 Å². The largest absolute Gasteiger partial charge is 0.450 e. The molecule has 0 saturated heterocycles. The van der Waals surface area contributed by atoms with Gasteiger partial charge in [0.05, 0.1) is 26.9 Å². The predicted molar refractivity (Wildman–Crippen MR) is 144 cm³/mol. The Bertz CT molecular complexity index is 1890. The van der Waals surface area contributed by atoms with E-state index < -0.39 is 16.9 Å². The maximum Gasteiger partial charge on any atom is 0.297 e. The Kier molecular flexibility index (Phi) is 4.50. The van der Waals surface area contributed by atoms with Gasteiger partial charge in [0.15, 0.2) is 16.1 Å². The van der Waals surface area contributed by atoms with E-state index in [0.29, 0.717) is 39.3 Å². The fraction of sp³-hybridized carbons (Fsp3) is 0.143. The Morgan fingerprint density at radius 1 is 1.05 bits per heavy atom. The Hall–Kier alpha value is -4.01. The van der Waals surface area contributed by atoms with Crippen LogP contribution in [0.3, 0.4) is 0 Å². The van der Waals surface area contributed by atoms with Gasteiger partial charge >= 0.3 is 0 Å². The van der Waals surface area contributed by atoms with Crippen molar-refractivity contribution in [1.29, 1.82) is 0 Å². The van der Waals surface area contributed by atoms with Crippen molar-refractivity contribution >= 4 is 66.8 Å². The summed E-state index contributed by atoms with van der Waals surface area (Å²) in [6.07, 6.45) is 0. The summed E-state index contributed by atoms with van der Waals surface area (Å²) in [6.45, 7) is 4.10. The molecule has 2 amide bonds. The minimum absolute atomic E-state index is 0.0290. The topological polar surface area (TPSA) is 83.7 Å². The van der Waals surface area contributed by atoms with E-state index in [1.54, 1.807) is 47.4 Å². The molecule has 0 bridgehead atoms. The van der Waals surface area contributed by atoms with Crippen LogP contribution in [0.4, 0.5) is 10.8 Å². The summed E-state index contributed by atoms with van der Waals surface area (Å²) in [6, 6.07) is 17.7. The highest BCUT2D eigenvalue weighted by molar-refractivity contribution is 7.22. The summed E-state index contributed by atoms with van der Waals surface area (Å²) in [7, 11) is 0. The van der Waals surface area contributed by atoms with Gasteiger partial charge in [-0.1, -0.05) is 52.8 Å². The van der Waals surface area contributed by atoms with E-state index in [0.717, 1.165) is 10.3 Å².